The Hall–Kier alpha value is -1.51. The first-order valence-corrected chi connectivity index (χ1v) is 5.87. The van der Waals surface area contributed by atoms with E-state index in [0.29, 0.717) is 6.54 Å². The van der Waals surface area contributed by atoms with Gasteiger partial charge >= 0.3 is 6.03 Å². The first-order chi connectivity index (χ1) is 7.88. The predicted octanol–water partition coefficient (Wildman–Crippen LogP) is 2.69. The number of aryl methyl sites for hydroxylation is 2. The van der Waals surface area contributed by atoms with Crippen molar-refractivity contribution in [2.24, 2.45) is 0 Å². The summed E-state index contributed by atoms with van der Waals surface area (Å²) in [5.41, 5.74) is 6.39. The predicted molar refractivity (Wildman–Crippen MR) is 71.3 cm³/mol. The number of rotatable bonds is 2. The molecule has 0 saturated carbocycles. The molecule has 0 radical (unpaired) electrons. The summed E-state index contributed by atoms with van der Waals surface area (Å²) in [4.78, 5) is 13.2. The monoisotopic (exact) mass is 234 g/mol. The summed E-state index contributed by atoms with van der Waals surface area (Å²) >= 11 is 0. The van der Waals surface area contributed by atoms with E-state index in [1.807, 2.05) is 7.05 Å². The molecule has 0 bridgehead atoms. The molecule has 0 fully saturated rings. The molecule has 1 aromatic rings. The molecule has 0 heterocycles. The van der Waals surface area contributed by atoms with E-state index in [9.17, 15) is 4.79 Å². The number of carbonyl (C=O) groups excluding carboxylic acids is 1. The third-order valence-corrected chi connectivity index (χ3v) is 3.48. The summed E-state index contributed by atoms with van der Waals surface area (Å²) in [5.74, 6) is 0. The lowest BCUT2D eigenvalue weighted by Crippen LogP contribution is -2.34. The molecule has 0 aliphatic heterocycles. The minimum absolute atomic E-state index is 0.0528. The van der Waals surface area contributed by atoms with Crippen LogP contribution in [-0.2, 0) is 6.54 Å². The van der Waals surface area contributed by atoms with Gasteiger partial charge in [0.1, 0.15) is 0 Å². The molecule has 0 saturated heterocycles. The molecule has 1 rings (SSSR count). The molecule has 17 heavy (non-hydrogen) atoms. The van der Waals surface area contributed by atoms with Crippen molar-refractivity contribution in [3.05, 3.63) is 33.9 Å². The van der Waals surface area contributed by atoms with Crippen LogP contribution in [0.5, 0.6) is 0 Å². The van der Waals surface area contributed by atoms with E-state index in [0.717, 1.165) is 0 Å². The smallest absolute Gasteiger partial charge is 0.317 e. The van der Waals surface area contributed by atoms with Crippen molar-refractivity contribution in [2.45, 2.75) is 34.2 Å². The van der Waals surface area contributed by atoms with Gasteiger partial charge in [0.05, 0.1) is 0 Å². The minimum atomic E-state index is -0.0528. The average Bonchev–Trinajstić information content (AvgIpc) is 2.30. The van der Waals surface area contributed by atoms with Crippen LogP contribution in [0.15, 0.2) is 6.07 Å². The van der Waals surface area contributed by atoms with E-state index in [1.165, 1.54) is 27.8 Å². The number of hydrogen-bond donors (Lipinski definition) is 1. The van der Waals surface area contributed by atoms with Gasteiger partial charge in [-0.3, -0.25) is 0 Å². The topological polar surface area (TPSA) is 32.3 Å². The van der Waals surface area contributed by atoms with Crippen molar-refractivity contribution >= 4 is 6.03 Å². The molecule has 0 aromatic heterocycles. The second-order valence-corrected chi connectivity index (χ2v) is 4.65. The molecule has 1 aromatic carbocycles. The third-order valence-electron chi connectivity index (χ3n) is 3.48. The Kier molecular flexibility index (Phi) is 4.16. The van der Waals surface area contributed by atoms with Crippen LogP contribution in [0.25, 0.3) is 0 Å². The second-order valence-electron chi connectivity index (χ2n) is 4.65. The van der Waals surface area contributed by atoms with Crippen LogP contribution in [0.2, 0.25) is 0 Å². The molecule has 0 spiro atoms. The first kappa shape index (κ1) is 13.6. The Morgan fingerprint density at radius 2 is 1.65 bits per heavy atom. The van der Waals surface area contributed by atoms with Crippen LogP contribution in [0.3, 0.4) is 0 Å². The van der Waals surface area contributed by atoms with Crippen molar-refractivity contribution in [1.29, 1.82) is 0 Å². The SMILES string of the molecule is CNC(=O)N(C)Cc1c(C)c(C)cc(C)c1C. The van der Waals surface area contributed by atoms with Gasteiger partial charge in [0, 0.05) is 20.6 Å². The standard InChI is InChI=1S/C14H22N2O/c1-9-7-10(2)12(4)13(11(9)3)8-16(6)14(17)15-5/h7H,8H2,1-6H3,(H,15,17). The fraction of sp³-hybridized carbons (Fsp3) is 0.500. The molecule has 0 unspecified atom stereocenters. The molecular formula is C14H22N2O. The first-order valence-electron chi connectivity index (χ1n) is 5.87. The van der Waals surface area contributed by atoms with Gasteiger partial charge in [0.25, 0.3) is 0 Å². The van der Waals surface area contributed by atoms with Crippen molar-refractivity contribution < 1.29 is 4.79 Å². The number of benzene rings is 1. The van der Waals surface area contributed by atoms with Crippen LogP contribution >= 0.6 is 0 Å². The summed E-state index contributed by atoms with van der Waals surface area (Å²) < 4.78 is 0. The molecule has 94 valence electrons. The van der Waals surface area contributed by atoms with E-state index in [-0.39, 0.29) is 6.03 Å². The van der Waals surface area contributed by atoms with Crippen molar-refractivity contribution in [3.63, 3.8) is 0 Å². The Bertz CT molecular complexity index is 412. The summed E-state index contributed by atoms with van der Waals surface area (Å²) in [6.07, 6.45) is 0. The molecule has 1 N–H and O–H groups in total. The Labute approximate surface area is 104 Å². The van der Waals surface area contributed by atoms with Gasteiger partial charge in [-0.2, -0.15) is 0 Å². The molecule has 0 aliphatic rings. The highest BCUT2D eigenvalue weighted by molar-refractivity contribution is 5.73. The summed E-state index contributed by atoms with van der Waals surface area (Å²) in [7, 11) is 3.47. The number of urea groups is 1. The molecular weight excluding hydrogens is 212 g/mol. The van der Waals surface area contributed by atoms with Crippen molar-refractivity contribution in [3.8, 4) is 0 Å². The number of amides is 2. The van der Waals surface area contributed by atoms with Crippen LogP contribution in [0, 0.1) is 27.7 Å². The maximum Gasteiger partial charge on any atom is 0.317 e. The molecule has 0 atom stereocenters. The van der Waals surface area contributed by atoms with Gasteiger partial charge in [-0.05, 0) is 55.5 Å². The van der Waals surface area contributed by atoms with Crippen LogP contribution in [0.1, 0.15) is 27.8 Å². The minimum Gasteiger partial charge on any atom is -0.341 e. The average molecular weight is 234 g/mol. The number of nitrogens with zero attached hydrogens (tertiary/aromatic N) is 1. The van der Waals surface area contributed by atoms with Crippen molar-refractivity contribution in [1.82, 2.24) is 10.2 Å². The van der Waals surface area contributed by atoms with E-state index in [2.05, 4.69) is 39.1 Å². The van der Waals surface area contributed by atoms with E-state index in [1.54, 1.807) is 11.9 Å². The van der Waals surface area contributed by atoms with Gasteiger partial charge in [-0.1, -0.05) is 6.07 Å². The van der Waals surface area contributed by atoms with E-state index in [4.69, 9.17) is 0 Å². The number of nitrogens with one attached hydrogen (secondary N) is 1. The maximum absolute atomic E-state index is 11.5. The summed E-state index contributed by atoms with van der Waals surface area (Å²) in [6.45, 7) is 9.12. The van der Waals surface area contributed by atoms with Gasteiger partial charge < -0.3 is 10.2 Å². The number of hydrogen-bond acceptors (Lipinski definition) is 1. The van der Waals surface area contributed by atoms with Crippen LogP contribution in [0.4, 0.5) is 4.79 Å². The fourth-order valence-electron chi connectivity index (χ4n) is 2.04. The highest BCUT2D eigenvalue weighted by Crippen LogP contribution is 2.22. The fourth-order valence-corrected chi connectivity index (χ4v) is 2.04. The van der Waals surface area contributed by atoms with Gasteiger partial charge in [-0.15, -0.1) is 0 Å². The molecule has 2 amide bonds. The zero-order valence-electron chi connectivity index (χ0n) is 11.6. The van der Waals surface area contributed by atoms with Crippen molar-refractivity contribution in [2.75, 3.05) is 14.1 Å². The molecule has 3 heteroatoms. The third kappa shape index (κ3) is 2.78. The van der Waals surface area contributed by atoms with Gasteiger partial charge in [0.2, 0.25) is 0 Å². The maximum atomic E-state index is 11.5. The lowest BCUT2D eigenvalue weighted by molar-refractivity contribution is 0.209. The van der Waals surface area contributed by atoms with E-state index < -0.39 is 0 Å². The largest absolute Gasteiger partial charge is 0.341 e. The quantitative estimate of drug-likeness (QED) is 0.838. The highest BCUT2D eigenvalue weighted by atomic mass is 16.2. The zero-order chi connectivity index (χ0) is 13.2. The Morgan fingerprint density at radius 1 is 1.18 bits per heavy atom. The molecule has 0 aliphatic carbocycles. The second kappa shape index (κ2) is 5.21. The number of carbonyl (C=O) groups is 1. The lowest BCUT2D eigenvalue weighted by Gasteiger charge is -2.21. The Balaban J connectivity index is 3.10. The van der Waals surface area contributed by atoms with Gasteiger partial charge in [-0.25, -0.2) is 4.79 Å². The summed E-state index contributed by atoms with van der Waals surface area (Å²) in [6, 6.07) is 2.15. The normalized spacial score (nSPS) is 10.2. The van der Waals surface area contributed by atoms with Crippen LogP contribution < -0.4 is 5.32 Å². The molecule has 3 nitrogen and oxygen atoms in total. The highest BCUT2D eigenvalue weighted by Gasteiger charge is 2.13. The van der Waals surface area contributed by atoms with Crippen LogP contribution in [-0.4, -0.2) is 25.0 Å². The van der Waals surface area contributed by atoms with E-state index >= 15 is 0 Å². The lowest BCUT2D eigenvalue weighted by atomic mass is 9.94. The zero-order valence-corrected chi connectivity index (χ0v) is 11.6. The summed E-state index contributed by atoms with van der Waals surface area (Å²) in [5, 5.41) is 2.64. The van der Waals surface area contributed by atoms with Gasteiger partial charge in [0.15, 0.2) is 0 Å². The Morgan fingerprint density at radius 3 is 2.06 bits per heavy atom.